The van der Waals surface area contributed by atoms with E-state index in [9.17, 15) is 20.3 Å². The zero-order valence-corrected chi connectivity index (χ0v) is 9.60. The van der Waals surface area contributed by atoms with Gasteiger partial charge in [-0.3, -0.25) is 10.1 Å². The molecule has 1 aromatic carbocycles. The first kappa shape index (κ1) is 13.2. The second-order valence-electron chi connectivity index (χ2n) is 3.78. The summed E-state index contributed by atoms with van der Waals surface area (Å²) in [6.07, 6.45) is 0.0324. The number of aliphatic hydroxyl groups is 2. The van der Waals surface area contributed by atoms with E-state index < -0.39 is 10.8 Å². The van der Waals surface area contributed by atoms with Crippen molar-refractivity contribution in [2.75, 3.05) is 11.1 Å². The first-order valence-electron chi connectivity index (χ1n) is 5.04. The lowest BCUT2D eigenvalue weighted by molar-refractivity contribution is -0.383. The Balaban J connectivity index is 3.17. The van der Waals surface area contributed by atoms with Crippen LogP contribution in [0.1, 0.15) is 18.9 Å². The summed E-state index contributed by atoms with van der Waals surface area (Å²) in [7, 11) is 0. The van der Waals surface area contributed by atoms with Crippen LogP contribution in [-0.2, 0) is 0 Å². The number of hydrogen-bond acceptors (Lipinski definition) is 6. The van der Waals surface area contributed by atoms with Crippen molar-refractivity contribution in [1.29, 1.82) is 0 Å². The van der Waals surface area contributed by atoms with Gasteiger partial charge >= 0.3 is 0 Å². The van der Waals surface area contributed by atoms with Crippen molar-refractivity contribution in [2.24, 2.45) is 0 Å². The molecule has 0 amide bonds. The molecular weight excluding hydrogens is 226 g/mol. The molecule has 7 nitrogen and oxygen atoms in total. The third kappa shape index (κ3) is 3.05. The average Bonchev–Trinajstić information content (AvgIpc) is 2.21. The predicted molar refractivity (Wildman–Crippen MR) is 63.3 cm³/mol. The molecule has 1 rings (SSSR count). The summed E-state index contributed by atoms with van der Waals surface area (Å²) >= 11 is 0. The van der Waals surface area contributed by atoms with Gasteiger partial charge in [-0.15, -0.1) is 0 Å². The fraction of sp³-hybridized carbons (Fsp3) is 0.400. The summed E-state index contributed by atoms with van der Waals surface area (Å²) in [6, 6.07) is 2.59. The summed E-state index contributed by atoms with van der Waals surface area (Å²) in [5.74, 6) is -2.10. The van der Waals surface area contributed by atoms with Gasteiger partial charge in [0.1, 0.15) is 5.69 Å². The van der Waals surface area contributed by atoms with Gasteiger partial charge in [0.25, 0.3) is 5.69 Å². The van der Waals surface area contributed by atoms with Crippen LogP contribution in [0.5, 0.6) is 0 Å². The van der Waals surface area contributed by atoms with E-state index in [0.29, 0.717) is 5.56 Å². The van der Waals surface area contributed by atoms with Gasteiger partial charge in [0, 0.05) is 18.2 Å². The number of rotatable bonds is 4. The van der Waals surface area contributed by atoms with Crippen LogP contribution in [0.3, 0.4) is 0 Å². The van der Waals surface area contributed by atoms with Crippen molar-refractivity contribution in [3.05, 3.63) is 27.8 Å². The highest BCUT2D eigenvalue weighted by molar-refractivity contribution is 5.69. The topological polar surface area (TPSA) is 122 Å². The summed E-state index contributed by atoms with van der Waals surface area (Å²) in [5, 5.41) is 32.0. The Bertz CT molecular complexity index is 445. The summed E-state index contributed by atoms with van der Waals surface area (Å²) < 4.78 is 0. The van der Waals surface area contributed by atoms with E-state index in [-0.39, 0.29) is 23.5 Å². The van der Waals surface area contributed by atoms with E-state index in [0.717, 1.165) is 0 Å². The fourth-order valence-corrected chi connectivity index (χ4v) is 1.32. The number of aryl methyl sites for hydroxylation is 1. The molecule has 0 bridgehead atoms. The molecule has 0 unspecified atom stereocenters. The molecule has 0 saturated carbocycles. The summed E-state index contributed by atoms with van der Waals surface area (Å²) in [4.78, 5) is 10.1. The number of nitro benzene ring substituents is 1. The molecule has 7 heteroatoms. The van der Waals surface area contributed by atoms with Crippen LogP contribution in [0.2, 0.25) is 0 Å². The molecule has 1 aromatic rings. The largest absolute Gasteiger partial charge is 0.393 e. The monoisotopic (exact) mass is 241 g/mol. The van der Waals surface area contributed by atoms with Crippen LogP contribution in [-0.4, -0.2) is 21.0 Å². The summed E-state index contributed by atoms with van der Waals surface area (Å²) in [5.41, 5.74) is 6.11. The molecule has 0 heterocycles. The van der Waals surface area contributed by atoms with Gasteiger partial charge in [-0.1, -0.05) is 6.92 Å². The highest BCUT2D eigenvalue weighted by Gasteiger charge is 2.23. The maximum absolute atomic E-state index is 10.7. The number of anilines is 2. The predicted octanol–water partition coefficient (Wildman–Crippen LogP) is 0.946. The standard InChI is InChI=1S/C10H15N3O4/c1-3-10(14,15)12-8-5-9(13(16)17)7(11)4-6(8)2/h4-5,12,14-15H,3,11H2,1-2H3. The Hall–Kier alpha value is -1.86. The third-order valence-electron chi connectivity index (χ3n) is 2.40. The molecule has 0 radical (unpaired) electrons. The molecule has 0 fully saturated rings. The fourth-order valence-electron chi connectivity index (χ4n) is 1.32. The van der Waals surface area contributed by atoms with Gasteiger partial charge in [-0.05, 0) is 18.6 Å². The minimum absolute atomic E-state index is 0.0324. The van der Waals surface area contributed by atoms with E-state index in [1.165, 1.54) is 12.1 Å². The Morgan fingerprint density at radius 3 is 2.59 bits per heavy atom. The number of benzene rings is 1. The van der Waals surface area contributed by atoms with E-state index >= 15 is 0 Å². The van der Waals surface area contributed by atoms with Crippen molar-refractivity contribution in [3.8, 4) is 0 Å². The highest BCUT2D eigenvalue weighted by Crippen LogP contribution is 2.30. The quantitative estimate of drug-likeness (QED) is 0.269. The van der Waals surface area contributed by atoms with Crippen molar-refractivity contribution in [3.63, 3.8) is 0 Å². The van der Waals surface area contributed by atoms with Crippen LogP contribution in [0, 0.1) is 17.0 Å². The number of nitrogens with one attached hydrogen (secondary N) is 1. The van der Waals surface area contributed by atoms with E-state index in [1.54, 1.807) is 13.8 Å². The Morgan fingerprint density at radius 1 is 1.53 bits per heavy atom. The molecular formula is C10H15N3O4. The van der Waals surface area contributed by atoms with Gasteiger partial charge in [0.05, 0.1) is 4.92 Å². The number of nitrogens with two attached hydrogens (primary N) is 1. The van der Waals surface area contributed by atoms with E-state index in [2.05, 4.69) is 5.32 Å². The minimum atomic E-state index is -2.10. The molecule has 0 saturated heterocycles. The number of nitrogen functional groups attached to an aromatic ring is 1. The molecule has 0 aliphatic carbocycles. The minimum Gasteiger partial charge on any atom is -0.393 e. The van der Waals surface area contributed by atoms with Crippen molar-refractivity contribution in [2.45, 2.75) is 26.2 Å². The van der Waals surface area contributed by atoms with Gasteiger partial charge in [-0.25, -0.2) is 0 Å². The molecule has 0 aliphatic heterocycles. The molecule has 0 spiro atoms. The number of hydrogen-bond donors (Lipinski definition) is 4. The maximum Gasteiger partial charge on any atom is 0.294 e. The Morgan fingerprint density at radius 2 is 2.12 bits per heavy atom. The molecule has 17 heavy (non-hydrogen) atoms. The first-order chi connectivity index (χ1) is 7.76. The van der Waals surface area contributed by atoms with E-state index in [1.807, 2.05) is 0 Å². The number of nitrogens with zero attached hydrogens (tertiary/aromatic N) is 1. The van der Waals surface area contributed by atoms with Crippen molar-refractivity contribution < 1.29 is 15.1 Å². The van der Waals surface area contributed by atoms with Crippen LogP contribution >= 0.6 is 0 Å². The number of nitro groups is 1. The molecule has 0 aliphatic rings. The average molecular weight is 241 g/mol. The molecule has 0 atom stereocenters. The van der Waals surface area contributed by atoms with E-state index in [4.69, 9.17) is 5.73 Å². The van der Waals surface area contributed by atoms with Crippen LogP contribution in [0.4, 0.5) is 17.1 Å². The zero-order chi connectivity index (χ0) is 13.2. The Kier molecular flexibility index (Phi) is 3.54. The van der Waals surface area contributed by atoms with Crippen LogP contribution in [0.25, 0.3) is 0 Å². The lowest BCUT2D eigenvalue weighted by Crippen LogP contribution is -2.37. The van der Waals surface area contributed by atoms with Gasteiger partial charge in [-0.2, -0.15) is 0 Å². The molecule has 5 N–H and O–H groups in total. The maximum atomic E-state index is 10.7. The second kappa shape index (κ2) is 4.56. The Labute approximate surface area is 98.0 Å². The second-order valence-corrected chi connectivity index (χ2v) is 3.78. The highest BCUT2D eigenvalue weighted by atomic mass is 16.6. The normalized spacial score (nSPS) is 11.3. The van der Waals surface area contributed by atoms with Crippen LogP contribution in [0.15, 0.2) is 12.1 Å². The van der Waals surface area contributed by atoms with Crippen LogP contribution < -0.4 is 11.1 Å². The lowest BCUT2D eigenvalue weighted by Gasteiger charge is -2.23. The third-order valence-corrected chi connectivity index (χ3v) is 2.40. The molecule has 0 aromatic heterocycles. The van der Waals surface area contributed by atoms with Gasteiger partial charge < -0.3 is 21.3 Å². The summed E-state index contributed by atoms with van der Waals surface area (Å²) in [6.45, 7) is 3.22. The smallest absolute Gasteiger partial charge is 0.294 e. The zero-order valence-electron chi connectivity index (χ0n) is 9.60. The van der Waals surface area contributed by atoms with Crippen molar-refractivity contribution in [1.82, 2.24) is 0 Å². The van der Waals surface area contributed by atoms with Gasteiger partial charge in [0.2, 0.25) is 5.91 Å². The van der Waals surface area contributed by atoms with Gasteiger partial charge in [0.15, 0.2) is 0 Å². The van der Waals surface area contributed by atoms with Crippen molar-refractivity contribution >= 4 is 17.1 Å². The lowest BCUT2D eigenvalue weighted by atomic mass is 10.1. The first-order valence-corrected chi connectivity index (χ1v) is 5.04. The molecule has 94 valence electrons. The SMILES string of the molecule is CCC(O)(O)Nc1cc([N+](=O)[O-])c(N)cc1C.